The molecule has 0 aromatic heterocycles. The molecule has 2 aliphatic rings. The Bertz CT molecular complexity index is 1330. The number of aromatic hydroxyl groups is 2. The number of ether oxygens (including phenoxy) is 4. The molecule has 0 aliphatic carbocycles. The topological polar surface area (TPSA) is 256 Å². The van der Waals surface area contributed by atoms with Crippen LogP contribution in [-0.2, 0) is 30.3 Å². The van der Waals surface area contributed by atoms with Crippen LogP contribution in [0.1, 0.15) is 70.1 Å². The number of aliphatic hydroxyl groups excluding tert-OH is 8. The Morgan fingerprint density at radius 3 is 2.27 bits per heavy atom. The molecule has 15 heteroatoms. The molecule has 1 aromatic rings. The van der Waals surface area contributed by atoms with Gasteiger partial charge in [0.05, 0.1) is 25.9 Å². The first-order chi connectivity index (χ1) is 24.8. The summed E-state index contributed by atoms with van der Waals surface area (Å²) in [5.74, 6) is -1.38. The summed E-state index contributed by atoms with van der Waals surface area (Å²) in [7, 11) is 0. The number of esters is 1. The lowest BCUT2D eigenvalue weighted by Crippen LogP contribution is -2.63. The minimum atomic E-state index is -1.89. The number of hydrogen-bond donors (Lipinski definition) is 10. The first kappa shape index (κ1) is 43.5. The highest BCUT2D eigenvalue weighted by atomic mass is 16.7. The highest BCUT2D eigenvalue weighted by Gasteiger charge is 2.53. The molecule has 0 unspecified atom stereocenters. The van der Waals surface area contributed by atoms with Gasteiger partial charge < -0.3 is 70.0 Å². The SMILES string of the molecule is CC[C@@H](C)C=CCCC[C@H](C)[C@H](O)CC=CC=CC(=O)O[C@@H]1[C@@H](O)[C@H](c2c(O)cc(O)cc2CO)O[C@H](CO)[C@H]1O[C@H]1O[C@@H](CO)[C@H](O)[C@@H](O)[C@@H]1O. The van der Waals surface area contributed by atoms with Crippen molar-refractivity contribution in [2.24, 2.45) is 11.8 Å². The number of phenolic OH excluding ortho intramolecular Hbond substituents is 2. The third-order valence-corrected chi connectivity index (χ3v) is 9.57. The molecule has 0 radical (unpaired) electrons. The third-order valence-electron chi connectivity index (χ3n) is 9.57. The Morgan fingerprint density at radius 1 is 0.904 bits per heavy atom. The van der Waals surface area contributed by atoms with Gasteiger partial charge in [0.25, 0.3) is 0 Å². The van der Waals surface area contributed by atoms with Crippen LogP contribution in [0.4, 0.5) is 0 Å². The molecule has 2 fully saturated rings. The predicted octanol–water partition coefficient (Wildman–Crippen LogP) is 0.752. The minimum absolute atomic E-state index is 0.0448. The number of phenols is 2. The molecule has 15 nitrogen and oxygen atoms in total. The fourth-order valence-corrected chi connectivity index (χ4v) is 6.14. The maximum Gasteiger partial charge on any atom is 0.331 e. The van der Waals surface area contributed by atoms with Gasteiger partial charge >= 0.3 is 5.97 Å². The quantitative estimate of drug-likeness (QED) is 0.0328. The predicted molar refractivity (Wildman–Crippen MR) is 185 cm³/mol. The van der Waals surface area contributed by atoms with E-state index < -0.39 is 105 Å². The normalized spacial score (nSPS) is 31.7. The fraction of sp³-hybridized carbons (Fsp3) is 0.649. The maximum atomic E-state index is 13.1. The van der Waals surface area contributed by atoms with E-state index in [1.54, 1.807) is 6.08 Å². The highest BCUT2D eigenvalue weighted by molar-refractivity contribution is 5.82. The van der Waals surface area contributed by atoms with E-state index in [0.717, 1.165) is 43.9 Å². The lowest BCUT2D eigenvalue weighted by molar-refractivity contribution is -0.343. The summed E-state index contributed by atoms with van der Waals surface area (Å²) in [6.45, 7) is 3.97. The second-order valence-electron chi connectivity index (χ2n) is 13.5. The lowest BCUT2D eigenvalue weighted by Gasteiger charge is -2.47. The maximum absolute atomic E-state index is 13.1. The zero-order valence-electron chi connectivity index (χ0n) is 29.8. The van der Waals surface area contributed by atoms with E-state index in [4.69, 9.17) is 18.9 Å². The van der Waals surface area contributed by atoms with Crippen LogP contribution < -0.4 is 0 Å². The van der Waals surface area contributed by atoms with Crippen LogP contribution in [-0.4, -0.2) is 131 Å². The van der Waals surface area contributed by atoms with Crippen molar-refractivity contribution >= 4 is 5.97 Å². The Hall–Kier alpha value is -2.93. The van der Waals surface area contributed by atoms with Crippen LogP contribution in [0.2, 0.25) is 0 Å². The molecule has 1 aromatic carbocycles. The summed E-state index contributed by atoms with van der Waals surface area (Å²) in [4.78, 5) is 13.1. The summed E-state index contributed by atoms with van der Waals surface area (Å²) >= 11 is 0. The van der Waals surface area contributed by atoms with Gasteiger partial charge in [-0.1, -0.05) is 57.6 Å². The van der Waals surface area contributed by atoms with Crippen molar-refractivity contribution in [2.75, 3.05) is 13.2 Å². The highest BCUT2D eigenvalue weighted by Crippen LogP contribution is 2.42. The van der Waals surface area contributed by atoms with Gasteiger partial charge in [-0.05, 0) is 49.1 Å². The monoisotopic (exact) mass is 740 g/mol. The number of carbonyl (C=O) groups is 1. The average molecular weight is 741 g/mol. The van der Waals surface area contributed by atoms with Crippen molar-refractivity contribution in [3.05, 3.63) is 59.7 Å². The molecule has 3 rings (SSSR count). The first-order valence-electron chi connectivity index (χ1n) is 17.7. The van der Waals surface area contributed by atoms with Gasteiger partial charge in [0.1, 0.15) is 60.3 Å². The van der Waals surface area contributed by atoms with Crippen LogP contribution in [0.3, 0.4) is 0 Å². The molecule has 0 amide bonds. The van der Waals surface area contributed by atoms with Gasteiger partial charge in [-0.25, -0.2) is 4.79 Å². The number of benzene rings is 1. The Kier molecular flexibility index (Phi) is 17.6. The molecule has 52 heavy (non-hydrogen) atoms. The van der Waals surface area contributed by atoms with Crippen LogP contribution in [0, 0.1) is 11.8 Å². The van der Waals surface area contributed by atoms with Gasteiger partial charge in [-0.15, -0.1) is 0 Å². The van der Waals surface area contributed by atoms with Gasteiger partial charge in [0.2, 0.25) is 0 Å². The van der Waals surface area contributed by atoms with Gasteiger partial charge in [0, 0.05) is 17.7 Å². The van der Waals surface area contributed by atoms with E-state index in [2.05, 4.69) is 26.0 Å². The van der Waals surface area contributed by atoms with Crippen molar-refractivity contribution < 1.29 is 74.8 Å². The van der Waals surface area contributed by atoms with E-state index in [1.165, 1.54) is 12.2 Å². The van der Waals surface area contributed by atoms with E-state index in [-0.39, 0.29) is 17.0 Å². The molecule has 2 aliphatic heterocycles. The number of hydrogen-bond acceptors (Lipinski definition) is 15. The van der Waals surface area contributed by atoms with Crippen LogP contribution in [0.25, 0.3) is 0 Å². The Labute approximate surface area is 303 Å². The van der Waals surface area contributed by atoms with Gasteiger partial charge in [-0.3, -0.25) is 0 Å². The smallest absolute Gasteiger partial charge is 0.331 e. The van der Waals surface area contributed by atoms with Crippen molar-refractivity contribution in [3.8, 4) is 11.5 Å². The molecule has 0 spiro atoms. The molecule has 13 atom stereocenters. The fourth-order valence-electron chi connectivity index (χ4n) is 6.14. The van der Waals surface area contributed by atoms with Crippen molar-refractivity contribution in [1.82, 2.24) is 0 Å². The molecule has 0 bridgehead atoms. The first-order valence-corrected chi connectivity index (χ1v) is 17.7. The van der Waals surface area contributed by atoms with E-state index in [1.807, 2.05) is 6.92 Å². The summed E-state index contributed by atoms with van der Waals surface area (Å²) in [6.07, 6.45) is -3.23. The molecule has 0 saturated carbocycles. The number of carbonyl (C=O) groups excluding carboxylic acids is 1. The molecule has 2 heterocycles. The second kappa shape index (κ2) is 21.1. The number of rotatable bonds is 18. The van der Waals surface area contributed by atoms with Crippen LogP contribution >= 0.6 is 0 Å². The molecular weight excluding hydrogens is 684 g/mol. The molecule has 294 valence electrons. The Balaban J connectivity index is 1.77. The molecule has 10 N–H and O–H groups in total. The summed E-state index contributed by atoms with van der Waals surface area (Å²) in [6, 6.07) is 2.06. The minimum Gasteiger partial charge on any atom is -0.508 e. The van der Waals surface area contributed by atoms with Crippen molar-refractivity contribution in [3.63, 3.8) is 0 Å². The summed E-state index contributed by atoms with van der Waals surface area (Å²) in [5.41, 5.74) is -0.219. The van der Waals surface area contributed by atoms with Crippen LogP contribution in [0.5, 0.6) is 11.5 Å². The molecule has 2 saturated heterocycles. The Morgan fingerprint density at radius 2 is 1.62 bits per heavy atom. The van der Waals surface area contributed by atoms with Gasteiger partial charge in [0.15, 0.2) is 12.4 Å². The zero-order chi connectivity index (χ0) is 38.5. The van der Waals surface area contributed by atoms with E-state index in [9.17, 15) is 55.9 Å². The standard InChI is InChI=1S/C37H56O15/c1-4-20(2)11-7-5-8-12-21(3)24(42)13-9-6-10-14-28(44)51-36-33(48)35(29-22(17-38)15-23(41)16-25(29)43)49-27(19-40)34(36)52-37-32(47)31(46)30(45)26(18-39)50-37/h6-7,9-11,14-16,20-21,24,26-27,30-43,45-48H,4-5,8,12-13,17-19H2,1-3H3/t20-,21+,24-,26+,27-,30+,31-,32+,33+,34-,35+,36-,37-/m1/s1. The third kappa shape index (κ3) is 11.5. The van der Waals surface area contributed by atoms with E-state index in [0.29, 0.717) is 12.3 Å². The summed E-state index contributed by atoms with van der Waals surface area (Å²) < 4.78 is 22.7. The van der Waals surface area contributed by atoms with Crippen molar-refractivity contribution in [2.45, 2.75) is 127 Å². The number of aliphatic hydroxyl groups is 8. The number of unbranched alkanes of at least 4 members (excludes halogenated alkanes) is 1. The average Bonchev–Trinajstić information content (AvgIpc) is 3.12. The number of allylic oxidation sites excluding steroid dienone is 4. The van der Waals surface area contributed by atoms with Crippen molar-refractivity contribution in [1.29, 1.82) is 0 Å². The van der Waals surface area contributed by atoms with Crippen LogP contribution in [0.15, 0.2) is 48.6 Å². The van der Waals surface area contributed by atoms with Gasteiger partial charge in [-0.2, -0.15) is 0 Å². The van der Waals surface area contributed by atoms with E-state index >= 15 is 0 Å². The zero-order valence-corrected chi connectivity index (χ0v) is 29.8. The largest absolute Gasteiger partial charge is 0.508 e. The lowest BCUT2D eigenvalue weighted by atomic mass is 9.88. The summed E-state index contributed by atoms with van der Waals surface area (Å²) in [5, 5.41) is 104. The molecular formula is C37H56O15. The second-order valence-corrected chi connectivity index (χ2v) is 13.5.